The van der Waals surface area contributed by atoms with Gasteiger partial charge in [-0.25, -0.2) is 9.18 Å². The van der Waals surface area contributed by atoms with Crippen LogP contribution in [0, 0.1) is 5.82 Å². The van der Waals surface area contributed by atoms with E-state index in [2.05, 4.69) is 4.74 Å². The molecule has 110 valence electrons. The van der Waals surface area contributed by atoms with Crippen LogP contribution in [-0.4, -0.2) is 21.5 Å². The van der Waals surface area contributed by atoms with Crippen LogP contribution in [0.2, 0.25) is 0 Å². The van der Waals surface area contributed by atoms with Crippen molar-refractivity contribution in [2.45, 2.75) is 4.90 Å². The molecule has 2 rings (SSSR count). The molecule has 0 unspecified atom stereocenters. The van der Waals surface area contributed by atoms with Crippen molar-refractivity contribution < 1.29 is 26.5 Å². The lowest BCUT2D eigenvalue weighted by atomic mass is 10.2. The first-order chi connectivity index (χ1) is 9.94. The van der Waals surface area contributed by atoms with Crippen LogP contribution in [-0.2, 0) is 14.9 Å². The molecule has 21 heavy (non-hydrogen) atoms. The summed E-state index contributed by atoms with van der Waals surface area (Å²) in [7, 11) is -3.12. The number of rotatable bonds is 4. The average molecular weight is 310 g/mol. The van der Waals surface area contributed by atoms with Crippen molar-refractivity contribution in [1.29, 1.82) is 0 Å². The smallest absolute Gasteiger partial charge is 0.342 e. The molecule has 0 amide bonds. The van der Waals surface area contributed by atoms with Gasteiger partial charge in [0.05, 0.1) is 12.7 Å². The average Bonchev–Trinajstić information content (AvgIpc) is 2.46. The summed E-state index contributed by atoms with van der Waals surface area (Å²) in [5.74, 6) is -1.66. The molecule has 0 fully saturated rings. The van der Waals surface area contributed by atoms with Crippen LogP contribution in [0.4, 0.5) is 4.39 Å². The number of hydrogen-bond acceptors (Lipinski definition) is 5. The third-order valence-corrected chi connectivity index (χ3v) is 3.85. The summed E-state index contributed by atoms with van der Waals surface area (Å²) in [6.45, 7) is 0. The third kappa shape index (κ3) is 3.38. The molecule has 0 saturated heterocycles. The molecule has 0 aliphatic carbocycles. The van der Waals surface area contributed by atoms with Crippen molar-refractivity contribution in [3.8, 4) is 5.75 Å². The van der Waals surface area contributed by atoms with Gasteiger partial charge in [0.25, 0.3) is 0 Å². The van der Waals surface area contributed by atoms with E-state index < -0.39 is 26.8 Å². The number of hydrogen-bond donors (Lipinski definition) is 0. The summed E-state index contributed by atoms with van der Waals surface area (Å²) in [5, 5.41) is 0. The molecule has 0 aromatic heterocycles. The second-order valence-corrected chi connectivity index (χ2v) is 5.50. The van der Waals surface area contributed by atoms with Gasteiger partial charge >= 0.3 is 16.1 Å². The quantitative estimate of drug-likeness (QED) is 0.640. The first kappa shape index (κ1) is 15.0. The normalized spacial score (nSPS) is 11.0. The minimum atomic E-state index is -4.32. The van der Waals surface area contributed by atoms with Gasteiger partial charge in [0.2, 0.25) is 0 Å². The largest absolute Gasteiger partial charge is 0.465 e. The van der Waals surface area contributed by atoms with Crippen LogP contribution in [0.3, 0.4) is 0 Å². The molecule has 0 bridgehead atoms. The predicted molar refractivity (Wildman–Crippen MR) is 72.0 cm³/mol. The summed E-state index contributed by atoms with van der Waals surface area (Å²) in [6, 6.07) is 10.3. The highest BCUT2D eigenvalue weighted by Crippen LogP contribution is 2.21. The van der Waals surface area contributed by atoms with E-state index in [0.717, 1.165) is 12.1 Å². The molecule has 0 heterocycles. The lowest BCUT2D eigenvalue weighted by Crippen LogP contribution is -2.12. The molecule has 0 saturated carbocycles. The Hall–Kier alpha value is -2.41. The van der Waals surface area contributed by atoms with E-state index in [1.54, 1.807) is 0 Å². The van der Waals surface area contributed by atoms with Gasteiger partial charge in [0.15, 0.2) is 0 Å². The molecule has 0 N–H and O–H groups in total. The Labute approximate surface area is 121 Å². The van der Waals surface area contributed by atoms with Gasteiger partial charge in [-0.1, -0.05) is 18.2 Å². The van der Waals surface area contributed by atoms with Gasteiger partial charge in [0.1, 0.15) is 16.5 Å². The number of halogens is 1. The van der Waals surface area contributed by atoms with Gasteiger partial charge in [-0.3, -0.25) is 0 Å². The van der Waals surface area contributed by atoms with Crippen molar-refractivity contribution in [3.63, 3.8) is 0 Å². The van der Waals surface area contributed by atoms with Gasteiger partial charge in [-0.2, -0.15) is 8.42 Å². The number of methoxy groups -OCH3 is 1. The summed E-state index contributed by atoms with van der Waals surface area (Å²) in [5.41, 5.74) is 0.124. The van der Waals surface area contributed by atoms with E-state index in [9.17, 15) is 17.6 Å². The molecule has 5 nitrogen and oxygen atoms in total. The Kier molecular flexibility index (Phi) is 4.23. The maximum Gasteiger partial charge on any atom is 0.342 e. The van der Waals surface area contributed by atoms with Crippen LogP contribution in [0.15, 0.2) is 53.4 Å². The predicted octanol–water partition coefficient (Wildman–Crippen LogP) is 2.38. The highest BCUT2D eigenvalue weighted by atomic mass is 32.2. The molecule has 0 spiro atoms. The van der Waals surface area contributed by atoms with Gasteiger partial charge in [-0.05, 0) is 30.3 Å². The molecular formula is C14H11FO5S. The van der Waals surface area contributed by atoms with Crippen LogP contribution >= 0.6 is 0 Å². The third-order valence-electron chi connectivity index (χ3n) is 2.57. The Morgan fingerprint density at radius 3 is 2.48 bits per heavy atom. The van der Waals surface area contributed by atoms with Crippen LogP contribution in [0.1, 0.15) is 10.4 Å². The fourth-order valence-corrected chi connectivity index (χ4v) is 2.61. The number of carbonyl (C=O) groups is 1. The first-order valence-electron chi connectivity index (χ1n) is 5.81. The van der Waals surface area contributed by atoms with Crippen molar-refractivity contribution in [3.05, 3.63) is 59.9 Å². The van der Waals surface area contributed by atoms with Crippen LogP contribution in [0.5, 0.6) is 5.75 Å². The van der Waals surface area contributed by atoms with Crippen molar-refractivity contribution in [2.24, 2.45) is 0 Å². The van der Waals surface area contributed by atoms with Crippen molar-refractivity contribution in [1.82, 2.24) is 0 Å². The van der Waals surface area contributed by atoms with E-state index >= 15 is 0 Å². The summed E-state index contributed by atoms with van der Waals surface area (Å²) >= 11 is 0. The molecular weight excluding hydrogens is 299 g/mol. The Morgan fingerprint density at radius 2 is 1.81 bits per heavy atom. The summed E-state index contributed by atoms with van der Waals surface area (Å²) in [4.78, 5) is 10.8. The van der Waals surface area contributed by atoms with Crippen LogP contribution < -0.4 is 4.18 Å². The van der Waals surface area contributed by atoms with E-state index in [1.807, 2.05) is 0 Å². The minimum absolute atomic E-state index is 0.110. The van der Waals surface area contributed by atoms with E-state index in [1.165, 1.54) is 43.5 Å². The zero-order chi connectivity index (χ0) is 15.5. The zero-order valence-electron chi connectivity index (χ0n) is 10.9. The fourth-order valence-electron chi connectivity index (χ4n) is 1.61. The van der Waals surface area contributed by atoms with Gasteiger partial charge in [0, 0.05) is 0 Å². The van der Waals surface area contributed by atoms with Crippen molar-refractivity contribution in [2.75, 3.05) is 7.11 Å². The second kappa shape index (κ2) is 5.92. The van der Waals surface area contributed by atoms with E-state index in [4.69, 9.17) is 4.18 Å². The van der Waals surface area contributed by atoms with E-state index in [-0.39, 0.29) is 11.3 Å². The van der Waals surface area contributed by atoms with Gasteiger partial charge < -0.3 is 8.92 Å². The minimum Gasteiger partial charge on any atom is -0.465 e. The van der Waals surface area contributed by atoms with Gasteiger partial charge in [-0.15, -0.1) is 0 Å². The lowest BCUT2D eigenvalue weighted by molar-refractivity contribution is 0.0600. The Bertz CT molecular complexity index is 770. The van der Waals surface area contributed by atoms with E-state index in [0.29, 0.717) is 0 Å². The highest BCUT2D eigenvalue weighted by Gasteiger charge is 2.21. The number of ether oxygens (including phenoxy) is 1. The molecule has 0 aliphatic rings. The monoisotopic (exact) mass is 310 g/mol. The maximum absolute atomic E-state index is 13.5. The van der Waals surface area contributed by atoms with Crippen molar-refractivity contribution >= 4 is 16.1 Å². The summed E-state index contributed by atoms with van der Waals surface area (Å²) in [6.07, 6.45) is 0. The second-order valence-electron chi connectivity index (χ2n) is 3.99. The summed E-state index contributed by atoms with van der Waals surface area (Å²) < 4.78 is 46.9. The molecule has 0 atom stereocenters. The topological polar surface area (TPSA) is 69.7 Å². The standard InChI is InChI=1S/C14H11FO5S/c1-19-14(16)10-5-4-6-11(9-10)20-21(17,18)13-8-3-2-7-12(13)15/h2-9H,1H3. The lowest BCUT2D eigenvalue weighted by Gasteiger charge is -2.08. The SMILES string of the molecule is COC(=O)c1cccc(OS(=O)(=O)c2ccccc2F)c1. The molecule has 2 aromatic rings. The molecule has 2 aromatic carbocycles. The number of carbonyl (C=O) groups excluding carboxylic acids is 1. The highest BCUT2D eigenvalue weighted by molar-refractivity contribution is 7.87. The molecule has 0 radical (unpaired) electrons. The molecule has 7 heteroatoms. The Balaban J connectivity index is 2.34. The molecule has 0 aliphatic heterocycles. The van der Waals surface area contributed by atoms with Crippen LogP contribution in [0.25, 0.3) is 0 Å². The maximum atomic E-state index is 13.5. The first-order valence-corrected chi connectivity index (χ1v) is 7.22. The zero-order valence-corrected chi connectivity index (χ0v) is 11.8. The fraction of sp³-hybridized carbons (Fsp3) is 0.0714. The number of benzene rings is 2. The Morgan fingerprint density at radius 1 is 1.10 bits per heavy atom. The number of esters is 1.